The lowest BCUT2D eigenvalue weighted by Gasteiger charge is -2.41. The second-order valence-corrected chi connectivity index (χ2v) is 10.9. The highest BCUT2D eigenvalue weighted by Gasteiger charge is 2.43. The first-order valence-electron chi connectivity index (χ1n) is 13.2. The van der Waals surface area contributed by atoms with Crippen molar-refractivity contribution in [3.05, 3.63) is 68.6 Å². The highest BCUT2D eigenvalue weighted by molar-refractivity contribution is 14.1. The molecule has 2 aliphatic rings. The zero-order valence-electron chi connectivity index (χ0n) is 22.4. The van der Waals surface area contributed by atoms with E-state index in [1.165, 1.54) is 30.2 Å². The van der Waals surface area contributed by atoms with Crippen molar-refractivity contribution in [2.24, 2.45) is 5.92 Å². The number of hydrogen-bond acceptors (Lipinski definition) is 8. The molecule has 1 fully saturated rings. The van der Waals surface area contributed by atoms with Crippen molar-refractivity contribution >= 4 is 40.7 Å². The summed E-state index contributed by atoms with van der Waals surface area (Å²) in [7, 11) is 1.41. The van der Waals surface area contributed by atoms with E-state index in [9.17, 15) is 29.0 Å². The molecule has 1 aliphatic carbocycles. The second kappa shape index (κ2) is 14.2. The van der Waals surface area contributed by atoms with Gasteiger partial charge in [-0.15, -0.1) is 0 Å². The van der Waals surface area contributed by atoms with E-state index in [0.29, 0.717) is 28.4 Å². The van der Waals surface area contributed by atoms with Gasteiger partial charge in [0, 0.05) is 42.8 Å². The highest BCUT2D eigenvalue weighted by atomic mass is 127. The molecule has 3 N–H and O–H groups in total. The number of methoxy groups -OCH3 is 1. The predicted octanol–water partition coefficient (Wildman–Crippen LogP) is 2.23. The minimum atomic E-state index is -1.33. The van der Waals surface area contributed by atoms with Gasteiger partial charge in [-0.05, 0) is 53.3 Å². The zero-order valence-corrected chi connectivity index (χ0v) is 24.6. The van der Waals surface area contributed by atoms with Crippen LogP contribution in [0.25, 0.3) is 0 Å². The maximum atomic E-state index is 14.8. The number of rotatable bonds is 11. The van der Waals surface area contributed by atoms with E-state index < -0.39 is 35.9 Å². The molecule has 1 saturated heterocycles. The summed E-state index contributed by atoms with van der Waals surface area (Å²) in [5.74, 6) is -1.32. The first-order chi connectivity index (χ1) is 19.8. The van der Waals surface area contributed by atoms with E-state index in [0.717, 1.165) is 0 Å². The van der Waals surface area contributed by atoms with Crippen LogP contribution in [0.2, 0.25) is 0 Å². The fraction of sp³-hybridized carbons (Fsp3) is 0.414. The molecule has 1 heterocycles. The molecule has 2 aromatic rings. The summed E-state index contributed by atoms with van der Waals surface area (Å²) in [5, 5.41) is 23.5. The minimum absolute atomic E-state index is 0.00504. The summed E-state index contributed by atoms with van der Waals surface area (Å²) >= 11 is 1.98. The fourth-order valence-corrected chi connectivity index (χ4v) is 5.72. The first-order valence-corrected chi connectivity index (χ1v) is 14.2. The van der Waals surface area contributed by atoms with Crippen LogP contribution in [0, 0.1) is 15.3 Å². The summed E-state index contributed by atoms with van der Waals surface area (Å²) in [5.41, 5.74) is 0.845. The Kier molecular flexibility index (Phi) is 10.7. The van der Waals surface area contributed by atoms with E-state index in [2.05, 4.69) is 5.32 Å². The average Bonchev–Trinajstić information content (AvgIpc) is 3.52. The Morgan fingerprint density at radius 3 is 2.73 bits per heavy atom. The topological polar surface area (TPSA) is 135 Å². The summed E-state index contributed by atoms with van der Waals surface area (Å²) in [6.45, 7) is 0.200. The molecule has 2 amide bonds. The van der Waals surface area contributed by atoms with Crippen molar-refractivity contribution in [1.82, 2.24) is 10.2 Å². The third kappa shape index (κ3) is 7.23. The number of aliphatic hydroxyl groups excluding tert-OH is 2. The number of ether oxygens (including phenoxy) is 3. The van der Waals surface area contributed by atoms with Crippen molar-refractivity contribution in [1.29, 1.82) is 0 Å². The van der Waals surface area contributed by atoms with E-state index in [-0.39, 0.29) is 61.3 Å². The third-order valence-electron chi connectivity index (χ3n) is 7.12. The summed E-state index contributed by atoms with van der Waals surface area (Å²) in [6, 6.07) is 8.18. The molecule has 2 aromatic carbocycles. The Labute approximate surface area is 250 Å². The van der Waals surface area contributed by atoms with Crippen LogP contribution in [0.3, 0.4) is 0 Å². The van der Waals surface area contributed by atoms with Gasteiger partial charge < -0.3 is 34.6 Å². The van der Waals surface area contributed by atoms with E-state index >= 15 is 0 Å². The average molecular weight is 682 g/mol. The number of carbonyl (C=O) groups is 3. The van der Waals surface area contributed by atoms with Gasteiger partial charge in [-0.3, -0.25) is 14.4 Å². The van der Waals surface area contributed by atoms with E-state index in [4.69, 9.17) is 14.2 Å². The predicted molar refractivity (Wildman–Crippen MR) is 154 cm³/mol. The van der Waals surface area contributed by atoms with Gasteiger partial charge in [0.25, 0.3) is 0 Å². The first kappa shape index (κ1) is 30.9. The molecule has 10 nitrogen and oxygen atoms in total. The summed E-state index contributed by atoms with van der Waals surface area (Å²) in [4.78, 5) is 39.6. The molecule has 1 aliphatic heterocycles. The number of halogens is 2. The molecule has 0 bridgehead atoms. The van der Waals surface area contributed by atoms with Gasteiger partial charge in [0.1, 0.15) is 24.3 Å². The standard InChI is InChI=1S/C29H32FIN2O8/c1-39-25-11-17(15-35)10-22(31)27(25)41-24-13-20(28(37)32-7-8-34)12-23(26(24)36)33(29(38)19-6-9-40-16-19)14-18-4-2-3-5-21(18)30/h2-5,10-11,13,15,19,23-24,26,34,36H,6-9,12,14,16H2,1H3,(H,32,37)/t19?,23-,24+,26+/m1/s1. The molecular formula is C29H32FIN2O8. The molecule has 220 valence electrons. The fourth-order valence-electron chi connectivity index (χ4n) is 4.97. The molecule has 0 saturated carbocycles. The van der Waals surface area contributed by atoms with Crippen molar-refractivity contribution in [3.63, 3.8) is 0 Å². The van der Waals surface area contributed by atoms with Crippen LogP contribution in [0.4, 0.5) is 4.39 Å². The molecular weight excluding hydrogens is 650 g/mol. The number of nitrogens with one attached hydrogen (secondary N) is 1. The number of benzene rings is 2. The molecule has 41 heavy (non-hydrogen) atoms. The molecule has 0 aromatic heterocycles. The molecule has 0 spiro atoms. The smallest absolute Gasteiger partial charge is 0.247 e. The Morgan fingerprint density at radius 2 is 2.07 bits per heavy atom. The van der Waals surface area contributed by atoms with E-state index in [1.54, 1.807) is 24.3 Å². The quantitative estimate of drug-likeness (QED) is 0.243. The maximum Gasteiger partial charge on any atom is 0.247 e. The monoisotopic (exact) mass is 682 g/mol. The van der Waals surface area contributed by atoms with E-state index in [1.807, 2.05) is 22.6 Å². The number of carbonyl (C=O) groups excluding carboxylic acids is 3. The normalized spacial score (nSPS) is 22.0. The lowest BCUT2D eigenvalue weighted by atomic mass is 9.87. The summed E-state index contributed by atoms with van der Waals surface area (Å²) in [6.07, 6.45) is 0.138. The van der Waals surface area contributed by atoms with Gasteiger partial charge in [0.05, 0.1) is 35.9 Å². The van der Waals surface area contributed by atoms with Crippen molar-refractivity contribution in [2.75, 3.05) is 33.5 Å². The van der Waals surface area contributed by atoms with Gasteiger partial charge in [-0.1, -0.05) is 18.2 Å². The number of hydrogen-bond donors (Lipinski definition) is 3. The van der Waals surface area contributed by atoms with Gasteiger partial charge in [0.2, 0.25) is 11.8 Å². The van der Waals surface area contributed by atoms with Crippen molar-refractivity contribution < 1.29 is 43.2 Å². The number of nitrogens with zero attached hydrogens (tertiary/aromatic N) is 1. The van der Waals surface area contributed by atoms with Crippen LogP contribution >= 0.6 is 22.6 Å². The second-order valence-electron chi connectivity index (χ2n) is 9.79. The van der Waals surface area contributed by atoms with Crippen LogP contribution in [0.5, 0.6) is 11.5 Å². The largest absolute Gasteiger partial charge is 0.493 e. The highest BCUT2D eigenvalue weighted by Crippen LogP contribution is 2.37. The molecule has 0 radical (unpaired) electrons. The van der Waals surface area contributed by atoms with Gasteiger partial charge in [-0.25, -0.2) is 4.39 Å². The van der Waals surface area contributed by atoms with Gasteiger partial charge >= 0.3 is 0 Å². The van der Waals surface area contributed by atoms with Gasteiger partial charge in [0.15, 0.2) is 11.5 Å². The van der Waals surface area contributed by atoms with Crippen LogP contribution in [-0.4, -0.2) is 84.9 Å². The Balaban J connectivity index is 1.74. The Hall–Kier alpha value is -3.07. The third-order valence-corrected chi connectivity index (χ3v) is 7.92. The Morgan fingerprint density at radius 1 is 1.29 bits per heavy atom. The molecule has 4 rings (SSSR count). The number of aldehydes is 1. The van der Waals surface area contributed by atoms with Crippen LogP contribution in [0.1, 0.15) is 28.8 Å². The molecule has 1 unspecified atom stereocenters. The lowest BCUT2D eigenvalue weighted by molar-refractivity contribution is -0.143. The van der Waals surface area contributed by atoms with Crippen LogP contribution < -0.4 is 14.8 Å². The zero-order chi connectivity index (χ0) is 29.5. The Bertz CT molecular complexity index is 1300. The van der Waals surface area contributed by atoms with Crippen LogP contribution in [0.15, 0.2) is 48.0 Å². The minimum Gasteiger partial charge on any atom is -0.493 e. The van der Waals surface area contributed by atoms with Crippen molar-refractivity contribution in [2.45, 2.75) is 37.6 Å². The summed E-state index contributed by atoms with van der Waals surface area (Å²) < 4.78 is 32.4. The number of aliphatic hydroxyl groups is 2. The molecule has 12 heteroatoms. The van der Waals surface area contributed by atoms with Crippen molar-refractivity contribution in [3.8, 4) is 11.5 Å². The lowest BCUT2D eigenvalue weighted by Crippen LogP contribution is -2.56. The van der Waals surface area contributed by atoms with Crippen LogP contribution in [-0.2, 0) is 20.9 Å². The SMILES string of the molecule is COc1cc(C=O)cc(I)c1O[C@H]1C=C(C(=O)NCCO)C[C@@H](N(Cc2ccccc2F)C(=O)C2CCOC2)[C@@H]1O. The maximum absolute atomic E-state index is 14.8. The molecule has 4 atom stereocenters. The number of amides is 2. The van der Waals surface area contributed by atoms with Gasteiger partial charge in [-0.2, -0.15) is 0 Å².